The fourth-order valence-corrected chi connectivity index (χ4v) is 1.17. The summed E-state index contributed by atoms with van der Waals surface area (Å²) < 4.78 is 30.4. The first-order valence-electron chi connectivity index (χ1n) is 3.27. The number of methoxy groups -OCH3 is 1. The molecule has 0 unspecified atom stereocenters. The molecule has 0 saturated carbocycles. The Morgan fingerprint density at radius 1 is 1.33 bits per heavy atom. The fraction of sp³-hybridized carbons (Fsp3) is 0.250. The first kappa shape index (κ1) is 9.26. The molecule has 0 aliphatic carbocycles. The van der Waals surface area contributed by atoms with Gasteiger partial charge in [0, 0.05) is 5.56 Å². The van der Waals surface area contributed by atoms with Crippen molar-refractivity contribution in [1.29, 1.82) is 0 Å². The highest BCUT2D eigenvalue weighted by Gasteiger charge is 2.12. The zero-order chi connectivity index (χ0) is 9.14. The van der Waals surface area contributed by atoms with Crippen molar-refractivity contribution >= 4 is 11.6 Å². The molecule has 0 fully saturated rings. The minimum atomic E-state index is -0.602. The summed E-state index contributed by atoms with van der Waals surface area (Å²) in [6.45, 7) is 0. The van der Waals surface area contributed by atoms with Gasteiger partial charge in [-0.15, -0.1) is 11.6 Å². The monoisotopic (exact) mass is 192 g/mol. The molecule has 4 heteroatoms. The first-order chi connectivity index (χ1) is 5.70. The summed E-state index contributed by atoms with van der Waals surface area (Å²) in [5.74, 6) is -1.38. The van der Waals surface area contributed by atoms with Crippen molar-refractivity contribution in [3.8, 4) is 5.75 Å². The minimum absolute atomic E-state index is 0.0548. The third-order valence-corrected chi connectivity index (χ3v) is 1.76. The van der Waals surface area contributed by atoms with E-state index in [1.54, 1.807) is 0 Å². The summed E-state index contributed by atoms with van der Waals surface area (Å²) >= 11 is 5.40. The zero-order valence-corrected chi connectivity index (χ0v) is 7.16. The standard InChI is InChI=1S/C8H7ClF2O/c1-12-8-5(4-9)6(10)2-3-7(8)11/h2-3H,4H2,1H3. The van der Waals surface area contributed by atoms with Crippen LogP contribution in [0.5, 0.6) is 5.75 Å². The summed E-state index contributed by atoms with van der Waals surface area (Å²) in [6.07, 6.45) is 0. The molecule has 1 aromatic carbocycles. The van der Waals surface area contributed by atoms with E-state index < -0.39 is 11.6 Å². The van der Waals surface area contributed by atoms with Gasteiger partial charge in [-0.3, -0.25) is 0 Å². The van der Waals surface area contributed by atoms with Gasteiger partial charge in [0.15, 0.2) is 11.6 Å². The summed E-state index contributed by atoms with van der Waals surface area (Å²) in [5.41, 5.74) is 0.0548. The average Bonchev–Trinajstić information content (AvgIpc) is 2.08. The van der Waals surface area contributed by atoms with E-state index in [-0.39, 0.29) is 17.2 Å². The van der Waals surface area contributed by atoms with Gasteiger partial charge in [-0.25, -0.2) is 8.78 Å². The predicted molar refractivity (Wildman–Crippen MR) is 42.5 cm³/mol. The van der Waals surface area contributed by atoms with Crippen molar-refractivity contribution in [1.82, 2.24) is 0 Å². The lowest BCUT2D eigenvalue weighted by Gasteiger charge is -2.06. The van der Waals surface area contributed by atoms with Crippen molar-refractivity contribution in [2.45, 2.75) is 5.88 Å². The molecule has 0 N–H and O–H groups in total. The maximum Gasteiger partial charge on any atom is 0.165 e. The van der Waals surface area contributed by atoms with Crippen molar-refractivity contribution in [3.05, 3.63) is 29.3 Å². The third kappa shape index (κ3) is 1.50. The largest absolute Gasteiger partial charge is 0.493 e. The maximum absolute atomic E-state index is 12.9. The number of halogens is 3. The third-order valence-electron chi connectivity index (χ3n) is 1.49. The lowest BCUT2D eigenvalue weighted by molar-refractivity contribution is 0.378. The molecule has 12 heavy (non-hydrogen) atoms. The minimum Gasteiger partial charge on any atom is -0.493 e. The molecule has 0 aliphatic rings. The number of alkyl halides is 1. The molecular weight excluding hydrogens is 186 g/mol. The van der Waals surface area contributed by atoms with E-state index in [0.29, 0.717) is 0 Å². The van der Waals surface area contributed by atoms with Crippen molar-refractivity contribution < 1.29 is 13.5 Å². The Hall–Kier alpha value is -0.830. The average molecular weight is 193 g/mol. The maximum atomic E-state index is 12.9. The molecular formula is C8H7ClF2O. The smallest absolute Gasteiger partial charge is 0.165 e. The lowest BCUT2D eigenvalue weighted by Crippen LogP contribution is -1.96. The summed E-state index contributed by atoms with van der Waals surface area (Å²) in [6, 6.07) is 2.03. The van der Waals surface area contributed by atoms with Gasteiger partial charge in [0.1, 0.15) is 5.82 Å². The Labute approximate surface area is 73.9 Å². The molecule has 66 valence electrons. The summed E-state index contributed by atoms with van der Waals surface area (Å²) in [5, 5.41) is 0. The van der Waals surface area contributed by atoms with Crippen molar-refractivity contribution in [2.75, 3.05) is 7.11 Å². The molecule has 1 rings (SSSR count). The molecule has 1 aromatic rings. The Morgan fingerprint density at radius 3 is 2.33 bits per heavy atom. The Morgan fingerprint density at radius 2 is 1.92 bits per heavy atom. The van der Waals surface area contributed by atoms with E-state index in [0.717, 1.165) is 12.1 Å². The summed E-state index contributed by atoms with van der Waals surface area (Å²) in [7, 11) is 1.27. The highest BCUT2D eigenvalue weighted by Crippen LogP contribution is 2.26. The van der Waals surface area contributed by atoms with Crippen LogP contribution in [-0.2, 0) is 5.88 Å². The molecule has 1 nitrogen and oxygen atoms in total. The van der Waals surface area contributed by atoms with Crippen LogP contribution in [0.2, 0.25) is 0 Å². The van der Waals surface area contributed by atoms with Gasteiger partial charge < -0.3 is 4.74 Å². The number of hydrogen-bond donors (Lipinski definition) is 0. The molecule has 0 aliphatic heterocycles. The van der Waals surface area contributed by atoms with E-state index >= 15 is 0 Å². The summed E-state index contributed by atoms with van der Waals surface area (Å²) in [4.78, 5) is 0. The van der Waals surface area contributed by atoms with Crippen LogP contribution in [0.15, 0.2) is 12.1 Å². The second kappa shape index (κ2) is 3.72. The Kier molecular flexibility index (Phi) is 2.87. The number of rotatable bonds is 2. The fourth-order valence-electron chi connectivity index (χ4n) is 0.920. The predicted octanol–water partition coefficient (Wildman–Crippen LogP) is 2.71. The normalized spacial score (nSPS) is 10.0. The molecule has 0 heterocycles. The molecule has 0 radical (unpaired) electrons. The van der Waals surface area contributed by atoms with Crippen LogP contribution in [0, 0.1) is 11.6 Å². The van der Waals surface area contributed by atoms with Crippen LogP contribution in [-0.4, -0.2) is 7.11 Å². The van der Waals surface area contributed by atoms with Gasteiger partial charge in [-0.1, -0.05) is 0 Å². The molecule has 0 saturated heterocycles. The van der Waals surface area contributed by atoms with Crippen LogP contribution < -0.4 is 4.74 Å². The Bertz CT molecular complexity index is 260. The van der Waals surface area contributed by atoms with E-state index in [9.17, 15) is 8.78 Å². The molecule has 0 bridgehead atoms. The quantitative estimate of drug-likeness (QED) is 0.655. The van der Waals surface area contributed by atoms with Gasteiger partial charge >= 0.3 is 0 Å². The van der Waals surface area contributed by atoms with Gasteiger partial charge in [0.25, 0.3) is 0 Å². The Balaban J connectivity index is 3.28. The van der Waals surface area contributed by atoms with E-state index in [2.05, 4.69) is 4.74 Å². The van der Waals surface area contributed by atoms with Crippen LogP contribution in [0.25, 0.3) is 0 Å². The van der Waals surface area contributed by atoms with Crippen molar-refractivity contribution in [2.24, 2.45) is 0 Å². The van der Waals surface area contributed by atoms with Crippen LogP contribution in [0.3, 0.4) is 0 Å². The second-order valence-corrected chi connectivity index (χ2v) is 2.44. The number of hydrogen-bond acceptors (Lipinski definition) is 1. The van der Waals surface area contributed by atoms with Gasteiger partial charge in [0.2, 0.25) is 0 Å². The highest BCUT2D eigenvalue weighted by atomic mass is 35.5. The van der Waals surface area contributed by atoms with Gasteiger partial charge in [-0.05, 0) is 12.1 Å². The van der Waals surface area contributed by atoms with E-state index in [4.69, 9.17) is 11.6 Å². The zero-order valence-electron chi connectivity index (χ0n) is 6.40. The number of ether oxygens (including phenoxy) is 1. The van der Waals surface area contributed by atoms with Crippen molar-refractivity contribution in [3.63, 3.8) is 0 Å². The van der Waals surface area contributed by atoms with E-state index in [1.807, 2.05) is 0 Å². The molecule has 0 spiro atoms. The van der Waals surface area contributed by atoms with Crippen LogP contribution in [0.1, 0.15) is 5.56 Å². The first-order valence-corrected chi connectivity index (χ1v) is 3.81. The van der Waals surface area contributed by atoms with Crippen LogP contribution in [0.4, 0.5) is 8.78 Å². The second-order valence-electron chi connectivity index (χ2n) is 2.17. The number of benzene rings is 1. The topological polar surface area (TPSA) is 9.23 Å². The SMILES string of the molecule is COc1c(F)ccc(F)c1CCl. The molecule has 0 amide bonds. The lowest BCUT2D eigenvalue weighted by atomic mass is 10.2. The molecule has 0 aromatic heterocycles. The molecule has 0 atom stereocenters. The van der Waals surface area contributed by atoms with E-state index in [1.165, 1.54) is 7.11 Å². The highest BCUT2D eigenvalue weighted by molar-refractivity contribution is 6.17. The van der Waals surface area contributed by atoms with Crippen LogP contribution >= 0.6 is 11.6 Å². The van der Waals surface area contributed by atoms with Gasteiger partial charge in [0.05, 0.1) is 13.0 Å². The van der Waals surface area contributed by atoms with Gasteiger partial charge in [-0.2, -0.15) is 0 Å².